The van der Waals surface area contributed by atoms with Crippen molar-refractivity contribution in [2.45, 2.75) is 31.3 Å². The van der Waals surface area contributed by atoms with E-state index in [1.165, 1.54) is 12.8 Å². The van der Waals surface area contributed by atoms with Gasteiger partial charge in [-0.05, 0) is 25.0 Å². The standard InChI is InChI=1S/C15H19N3OS.ClH/c1-18-13(10-20-15(18)17-12-7-8-12)9-14(19)16-11-5-3-2-4-6-11;/h2-6,12-13H,7-10H2,1H3,(H,16,19);1H/b17-15-;. The highest BCUT2D eigenvalue weighted by atomic mass is 35.5. The van der Waals surface area contributed by atoms with Crippen molar-refractivity contribution in [2.75, 3.05) is 18.1 Å². The summed E-state index contributed by atoms with van der Waals surface area (Å²) in [5.74, 6) is 1.02. The first-order valence-electron chi connectivity index (χ1n) is 7.00. The third-order valence-corrected chi connectivity index (χ3v) is 4.78. The lowest BCUT2D eigenvalue weighted by atomic mass is 10.2. The highest BCUT2D eigenvalue weighted by Crippen LogP contribution is 2.30. The van der Waals surface area contributed by atoms with E-state index < -0.39 is 0 Å². The van der Waals surface area contributed by atoms with E-state index in [2.05, 4.69) is 15.2 Å². The van der Waals surface area contributed by atoms with Crippen molar-refractivity contribution in [3.63, 3.8) is 0 Å². The number of benzene rings is 1. The number of aliphatic imine (C=N–C) groups is 1. The predicted molar refractivity (Wildman–Crippen MR) is 91.4 cm³/mol. The van der Waals surface area contributed by atoms with Crippen molar-refractivity contribution in [1.29, 1.82) is 0 Å². The van der Waals surface area contributed by atoms with Crippen LogP contribution >= 0.6 is 24.2 Å². The van der Waals surface area contributed by atoms with Gasteiger partial charge in [0.1, 0.15) is 0 Å². The Balaban J connectivity index is 0.00000161. The summed E-state index contributed by atoms with van der Waals surface area (Å²) in [7, 11) is 2.04. The Morgan fingerprint density at radius 2 is 2.10 bits per heavy atom. The fraction of sp³-hybridized carbons (Fsp3) is 0.467. The Hall–Kier alpha value is -1.20. The summed E-state index contributed by atoms with van der Waals surface area (Å²) in [5.41, 5.74) is 0.859. The number of hydrogen-bond donors (Lipinski definition) is 1. The average molecular weight is 326 g/mol. The van der Waals surface area contributed by atoms with Gasteiger partial charge in [-0.1, -0.05) is 30.0 Å². The molecular formula is C15H20ClN3OS. The van der Waals surface area contributed by atoms with E-state index in [0.717, 1.165) is 16.6 Å². The molecule has 4 nitrogen and oxygen atoms in total. The molecule has 1 unspecified atom stereocenters. The van der Waals surface area contributed by atoms with Crippen molar-refractivity contribution in [2.24, 2.45) is 4.99 Å². The molecule has 1 atom stereocenters. The normalized spacial score (nSPS) is 23.0. The molecule has 1 aliphatic carbocycles. The summed E-state index contributed by atoms with van der Waals surface area (Å²) in [6.45, 7) is 0. The van der Waals surface area contributed by atoms with Gasteiger partial charge in [-0.2, -0.15) is 0 Å². The van der Waals surface area contributed by atoms with Gasteiger partial charge in [-0.25, -0.2) is 0 Å². The van der Waals surface area contributed by atoms with E-state index in [9.17, 15) is 4.79 Å². The maximum atomic E-state index is 12.1. The van der Waals surface area contributed by atoms with Gasteiger partial charge in [0.05, 0.1) is 6.04 Å². The first-order valence-corrected chi connectivity index (χ1v) is 7.99. The second kappa shape index (κ2) is 7.18. The van der Waals surface area contributed by atoms with E-state index in [1.54, 1.807) is 11.8 Å². The molecule has 1 aromatic rings. The molecule has 1 aromatic carbocycles. The average Bonchev–Trinajstić information content (AvgIpc) is 3.20. The van der Waals surface area contributed by atoms with Crippen molar-refractivity contribution in [3.8, 4) is 0 Å². The zero-order valence-corrected chi connectivity index (χ0v) is 13.6. The molecule has 1 N–H and O–H groups in total. The molecule has 6 heteroatoms. The van der Waals surface area contributed by atoms with Crippen molar-refractivity contribution >= 4 is 40.9 Å². The van der Waals surface area contributed by atoms with E-state index in [-0.39, 0.29) is 24.4 Å². The first-order chi connectivity index (χ1) is 9.72. The molecule has 1 aliphatic heterocycles. The number of amides is 1. The van der Waals surface area contributed by atoms with Crippen molar-refractivity contribution in [3.05, 3.63) is 30.3 Å². The molecule has 3 rings (SSSR count). The number of halogens is 1. The number of thioether (sulfide) groups is 1. The van der Waals surface area contributed by atoms with Gasteiger partial charge in [-0.3, -0.25) is 9.79 Å². The van der Waals surface area contributed by atoms with Gasteiger partial charge in [0.15, 0.2) is 5.17 Å². The lowest BCUT2D eigenvalue weighted by Gasteiger charge is -2.20. The van der Waals surface area contributed by atoms with Crippen LogP contribution in [0.25, 0.3) is 0 Å². The number of nitrogens with one attached hydrogen (secondary N) is 1. The maximum Gasteiger partial charge on any atom is 0.226 e. The monoisotopic (exact) mass is 325 g/mol. The second-order valence-corrected chi connectivity index (χ2v) is 6.32. The molecule has 1 amide bonds. The summed E-state index contributed by atoms with van der Waals surface area (Å²) in [6.07, 6.45) is 2.95. The van der Waals surface area contributed by atoms with Crippen LogP contribution in [0.4, 0.5) is 5.69 Å². The molecule has 1 saturated heterocycles. The minimum atomic E-state index is 0. The van der Waals surface area contributed by atoms with Gasteiger partial charge in [-0.15, -0.1) is 12.4 Å². The number of rotatable bonds is 4. The van der Waals surface area contributed by atoms with E-state index in [4.69, 9.17) is 0 Å². The fourth-order valence-electron chi connectivity index (χ4n) is 2.17. The third kappa shape index (κ3) is 4.38. The molecule has 2 fully saturated rings. The minimum absolute atomic E-state index is 0. The van der Waals surface area contributed by atoms with Gasteiger partial charge < -0.3 is 10.2 Å². The topological polar surface area (TPSA) is 44.7 Å². The maximum absolute atomic E-state index is 12.1. The lowest BCUT2D eigenvalue weighted by molar-refractivity contribution is -0.116. The molecule has 2 aliphatic rings. The van der Waals surface area contributed by atoms with Crippen LogP contribution < -0.4 is 5.32 Å². The highest BCUT2D eigenvalue weighted by molar-refractivity contribution is 8.14. The van der Waals surface area contributed by atoms with Crippen molar-refractivity contribution < 1.29 is 4.79 Å². The molecule has 21 heavy (non-hydrogen) atoms. The zero-order valence-electron chi connectivity index (χ0n) is 12.0. The second-order valence-electron chi connectivity index (χ2n) is 5.34. The van der Waals surface area contributed by atoms with Gasteiger partial charge >= 0.3 is 0 Å². The number of nitrogens with zero attached hydrogens (tertiary/aromatic N) is 2. The number of amidine groups is 1. The predicted octanol–water partition coefficient (Wildman–Crippen LogP) is 3.00. The summed E-state index contributed by atoms with van der Waals surface area (Å²) in [5, 5.41) is 4.04. The van der Waals surface area contributed by atoms with Crippen LogP contribution in [0, 0.1) is 0 Å². The van der Waals surface area contributed by atoms with Crippen LogP contribution in [-0.4, -0.2) is 40.9 Å². The summed E-state index contributed by atoms with van der Waals surface area (Å²) in [4.78, 5) is 18.9. The lowest BCUT2D eigenvalue weighted by Crippen LogP contribution is -2.33. The van der Waals surface area contributed by atoms with E-state index >= 15 is 0 Å². The fourth-order valence-corrected chi connectivity index (χ4v) is 3.43. The Morgan fingerprint density at radius 1 is 1.38 bits per heavy atom. The minimum Gasteiger partial charge on any atom is -0.350 e. The van der Waals surface area contributed by atoms with Crippen LogP contribution in [0.15, 0.2) is 35.3 Å². The van der Waals surface area contributed by atoms with Gasteiger partial charge in [0, 0.05) is 31.0 Å². The summed E-state index contributed by atoms with van der Waals surface area (Å²) >= 11 is 1.77. The first kappa shape index (κ1) is 16.2. The molecular weight excluding hydrogens is 306 g/mol. The largest absolute Gasteiger partial charge is 0.350 e. The van der Waals surface area contributed by atoms with Crippen LogP contribution in [0.3, 0.4) is 0 Å². The van der Waals surface area contributed by atoms with Crippen LogP contribution in [0.1, 0.15) is 19.3 Å². The Morgan fingerprint density at radius 3 is 2.76 bits per heavy atom. The number of hydrogen-bond acceptors (Lipinski definition) is 3. The van der Waals surface area contributed by atoms with E-state index in [0.29, 0.717) is 12.5 Å². The van der Waals surface area contributed by atoms with Crippen LogP contribution in [0.2, 0.25) is 0 Å². The van der Waals surface area contributed by atoms with E-state index in [1.807, 2.05) is 37.4 Å². The number of carbonyl (C=O) groups is 1. The summed E-state index contributed by atoms with van der Waals surface area (Å²) in [6, 6.07) is 10.4. The molecule has 0 bridgehead atoms. The Labute approximate surface area is 135 Å². The number of anilines is 1. The quantitative estimate of drug-likeness (QED) is 0.925. The SMILES string of the molecule is CN1/C(=N/C2CC2)SCC1CC(=O)Nc1ccccc1.Cl. The molecule has 0 radical (unpaired) electrons. The smallest absolute Gasteiger partial charge is 0.226 e. The van der Waals surface area contributed by atoms with Crippen LogP contribution in [-0.2, 0) is 4.79 Å². The number of carbonyl (C=O) groups excluding carboxylic acids is 1. The highest BCUT2D eigenvalue weighted by Gasteiger charge is 2.31. The third-order valence-electron chi connectivity index (χ3n) is 3.57. The van der Waals surface area contributed by atoms with Gasteiger partial charge in [0.25, 0.3) is 0 Å². The number of para-hydroxylation sites is 1. The van der Waals surface area contributed by atoms with Crippen LogP contribution in [0.5, 0.6) is 0 Å². The molecule has 0 aromatic heterocycles. The Kier molecular flexibility index (Phi) is 5.53. The Bertz CT molecular complexity index is 519. The summed E-state index contributed by atoms with van der Waals surface area (Å²) < 4.78 is 0. The van der Waals surface area contributed by atoms with Crippen molar-refractivity contribution in [1.82, 2.24) is 4.90 Å². The molecule has 114 valence electrons. The van der Waals surface area contributed by atoms with Gasteiger partial charge in [0.2, 0.25) is 5.91 Å². The molecule has 1 saturated carbocycles. The molecule has 1 heterocycles. The zero-order chi connectivity index (χ0) is 13.9. The molecule has 0 spiro atoms.